The Morgan fingerprint density at radius 2 is 1.96 bits per heavy atom. The number of nitrogens with zero attached hydrogens (tertiary/aromatic N) is 3. The molecule has 2 N–H and O–H groups in total. The molecule has 0 atom stereocenters. The third-order valence-corrected chi connectivity index (χ3v) is 4.42. The molecule has 2 aromatic carbocycles. The molecule has 0 radical (unpaired) electrons. The Kier molecular flexibility index (Phi) is 4.79. The van der Waals surface area contributed by atoms with Gasteiger partial charge in [0.05, 0.1) is 23.8 Å². The number of hydrogen-bond donors (Lipinski definition) is 2. The second kappa shape index (κ2) is 7.40. The van der Waals surface area contributed by atoms with Crippen LogP contribution in [0.2, 0.25) is 5.02 Å². The van der Waals surface area contributed by atoms with Crippen molar-refractivity contribution in [3.05, 3.63) is 76.7 Å². The minimum atomic E-state index is -2.70. The van der Waals surface area contributed by atoms with Gasteiger partial charge in [-0.1, -0.05) is 23.7 Å². The molecule has 0 saturated heterocycles. The van der Waals surface area contributed by atoms with E-state index >= 15 is 0 Å². The molecule has 0 bridgehead atoms. The molecule has 0 aliphatic heterocycles. The summed E-state index contributed by atoms with van der Waals surface area (Å²) in [5, 5.41) is 7.65. The first-order chi connectivity index (χ1) is 13.5. The van der Waals surface area contributed by atoms with E-state index in [4.69, 9.17) is 11.6 Å². The van der Waals surface area contributed by atoms with E-state index in [1.807, 2.05) is 12.1 Å². The molecule has 2 aromatic heterocycles. The van der Waals surface area contributed by atoms with Gasteiger partial charge in [-0.05, 0) is 35.9 Å². The molecule has 0 fully saturated rings. The quantitative estimate of drug-likeness (QED) is 0.511. The zero-order valence-corrected chi connectivity index (χ0v) is 15.1. The Balaban J connectivity index is 1.53. The molecule has 9 heteroatoms. The normalized spacial score (nSPS) is 11.3. The summed E-state index contributed by atoms with van der Waals surface area (Å²) < 4.78 is 27.2. The summed E-state index contributed by atoms with van der Waals surface area (Å²) in [4.78, 5) is 18.9. The van der Waals surface area contributed by atoms with Gasteiger partial charge < -0.3 is 10.3 Å². The Hall–Kier alpha value is -3.26. The highest BCUT2D eigenvalue weighted by atomic mass is 35.5. The smallest absolute Gasteiger partial charge is 0.295 e. The third kappa shape index (κ3) is 3.72. The van der Waals surface area contributed by atoms with E-state index in [0.717, 1.165) is 5.56 Å². The van der Waals surface area contributed by atoms with Gasteiger partial charge in [0.2, 0.25) is 0 Å². The first-order valence-electron chi connectivity index (χ1n) is 8.35. The fourth-order valence-electron chi connectivity index (χ4n) is 2.79. The number of rotatable bonds is 5. The van der Waals surface area contributed by atoms with Crippen molar-refractivity contribution in [2.24, 2.45) is 0 Å². The number of aromatic nitrogens is 4. The molecule has 2 heterocycles. The lowest BCUT2D eigenvalue weighted by atomic mass is 10.2. The van der Waals surface area contributed by atoms with E-state index in [9.17, 15) is 13.6 Å². The summed E-state index contributed by atoms with van der Waals surface area (Å²) >= 11 is 5.89. The highest BCUT2D eigenvalue weighted by molar-refractivity contribution is 6.30. The average Bonchev–Trinajstić information content (AvgIpc) is 3.30. The standard InChI is InChI=1S/C19H14ClF2N5O/c20-13-4-1-11(2-5-13)10-27-16(7-8-23-27)26-19(28)12-3-6-14-15(9-12)25-18(24-14)17(21)22/h1-9,17H,10H2,(H,24,25)(H,26,28). The first kappa shape index (κ1) is 18.1. The number of alkyl halides is 2. The van der Waals surface area contributed by atoms with Crippen molar-refractivity contribution >= 4 is 34.4 Å². The molecule has 142 valence electrons. The van der Waals surface area contributed by atoms with Crippen LogP contribution < -0.4 is 5.32 Å². The molecule has 4 aromatic rings. The zero-order chi connectivity index (χ0) is 19.7. The van der Waals surface area contributed by atoms with E-state index in [0.29, 0.717) is 34.0 Å². The van der Waals surface area contributed by atoms with Gasteiger partial charge in [0.1, 0.15) is 5.82 Å². The average molecular weight is 402 g/mol. The predicted octanol–water partition coefficient (Wildman–Crippen LogP) is 4.65. The van der Waals surface area contributed by atoms with Crippen LogP contribution in [-0.4, -0.2) is 25.7 Å². The van der Waals surface area contributed by atoms with E-state index in [2.05, 4.69) is 20.4 Å². The van der Waals surface area contributed by atoms with E-state index in [-0.39, 0.29) is 5.91 Å². The number of nitrogens with one attached hydrogen (secondary N) is 2. The summed E-state index contributed by atoms with van der Waals surface area (Å²) in [7, 11) is 0. The van der Waals surface area contributed by atoms with Gasteiger partial charge in [0.25, 0.3) is 12.3 Å². The van der Waals surface area contributed by atoms with Crippen LogP contribution in [0.1, 0.15) is 28.2 Å². The van der Waals surface area contributed by atoms with Crippen LogP contribution in [0, 0.1) is 0 Å². The van der Waals surface area contributed by atoms with Crippen LogP contribution >= 0.6 is 11.6 Å². The molecular formula is C19H14ClF2N5O. The van der Waals surface area contributed by atoms with Crippen LogP contribution in [0.15, 0.2) is 54.7 Å². The number of carbonyl (C=O) groups is 1. The molecule has 0 spiro atoms. The molecule has 0 unspecified atom stereocenters. The number of carbonyl (C=O) groups excluding carboxylic acids is 1. The molecule has 28 heavy (non-hydrogen) atoms. The van der Waals surface area contributed by atoms with Crippen molar-refractivity contribution in [2.75, 3.05) is 5.32 Å². The molecular weight excluding hydrogens is 388 g/mol. The van der Waals surface area contributed by atoms with Crippen LogP contribution in [0.4, 0.5) is 14.6 Å². The topological polar surface area (TPSA) is 75.6 Å². The number of H-pyrrole nitrogens is 1. The third-order valence-electron chi connectivity index (χ3n) is 4.17. The number of benzene rings is 2. The lowest BCUT2D eigenvalue weighted by Gasteiger charge is -2.09. The van der Waals surface area contributed by atoms with Crippen LogP contribution in [0.3, 0.4) is 0 Å². The maximum absolute atomic E-state index is 12.8. The van der Waals surface area contributed by atoms with Gasteiger partial charge in [0, 0.05) is 16.7 Å². The number of hydrogen-bond acceptors (Lipinski definition) is 3. The Morgan fingerprint density at radius 1 is 1.18 bits per heavy atom. The summed E-state index contributed by atoms with van der Waals surface area (Å²) in [5.74, 6) is -0.292. The van der Waals surface area contributed by atoms with Gasteiger partial charge in [-0.15, -0.1) is 0 Å². The summed E-state index contributed by atoms with van der Waals surface area (Å²) in [6.45, 7) is 0.455. The second-order valence-corrected chi connectivity index (χ2v) is 6.55. The Labute approximate surface area is 163 Å². The van der Waals surface area contributed by atoms with Gasteiger partial charge in [-0.25, -0.2) is 18.4 Å². The maximum atomic E-state index is 12.8. The molecule has 0 saturated carbocycles. The van der Waals surface area contributed by atoms with Gasteiger partial charge in [-0.2, -0.15) is 5.10 Å². The fourth-order valence-corrected chi connectivity index (χ4v) is 2.92. The molecule has 0 aliphatic carbocycles. The highest BCUT2D eigenvalue weighted by Gasteiger charge is 2.15. The van der Waals surface area contributed by atoms with Crippen molar-refractivity contribution in [3.63, 3.8) is 0 Å². The lowest BCUT2D eigenvalue weighted by molar-refractivity contribution is 0.102. The highest BCUT2D eigenvalue weighted by Crippen LogP contribution is 2.21. The number of halogens is 3. The fraction of sp³-hybridized carbons (Fsp3) is 0.105. The van der Waals surface area contributed by atoms with Gasteiger partial charge in [0.15, 0.2) is 5.82 Å². The second-order valence-electron chi connectivity index (χ2n) is 6.11. The number of aromatic amines is 1. The van der Waals surface area contributed by atoms with Crippen LogP contribution in [0.5, 0.6) is 0 Å². The van der Waals surface area contributed by atoms with E-state index in [1.165, 1.54) is 18.2 Å². The molecule has 0 aliphatic rings. The number of anilines is 1. The SMILES string of the molecule is O=C(Nc1ccnn1Cc1ccc(Cl)cc1)c1ccc2nc(C(F)F)[nH]c2c1. The monoisotopic (exact) mass is 401 g/mol. The minimum Gasteiger partial charge on any atom is -0.337 e. The van der Waals surface area contributed by atoms with Gasteiger partial charge in [-0.3, -0.25) is 4.79 Å². The van der Waals surface area contributed by atoms with Crippen molar-refractivity contribution in [1.29, 1.82) is 0 Å². The number of amides is 1. The number of fused-ring (bicyclic) bond motifs is 1. The van der Waals surface area contributed by atoms with E-state index in [1.54, 1.807) is 29.1 Å². The van der Waals surface area contributed by atoms with Crippen molar-refractivity contribution < 1.29 is 13.6 Å². The predicted molar refractivity (Wildman–Crippen MR) is 102 cm³/mol. The van der Waals surface area contributed by atoms with Crippen molar-refractivity contribution in [1.82, 2.24) is 19.7 Å². The Morgan fingerprint density at radius 3 is 2.71 bits per heavy atom. The van der Waals surface area contributed by atoms with E-state index < -0.39 is 12.2 Å². The zero-order valence-electron chi connectivity index (χ0n) is 14.4. The lowest BCUT2D eigenvalue weighted by Crippen LogP contribution is -2.16. The molecule has 4 rings (SSSR count). The van der Waals surface area contributed by atoms with Crippen molar-refractivity contribution in [3.8, 4) is 0 Å². The Bertz CT molecular complexity index is 1140. The van der Waals surface area contributed by atoms with Crippen molar-refractivity contribution in [2.45, 2.75) is 13.0 Å². The minimum absolute atomic E-state index is 0.316. The summed E-state index contributed by atoms with van der Waals surface area (Å²) in [5.41, 5.74) is 2.04. The summed E-state index contributed by atoms with van der Waals surface area (Å²) in [6.07, 6.45) is -1.12. The molecule has 6 nitrogen and oxygen atoms in total. The maximum Gasteiger partial charge on any atom is 0.295 e. The van der Waals surface area contributed by atoms with Crippen LogP contribution in [0.25, 0.3) is 11.0 Å². The van der Waals surface area contributed by atoms with Gasteiger partial charge >= 0.3 is 0 Å². The first-order valence-corrected chi connectivity index (χ1v) is 8.73. The largest absolute Gasteiger partial charge is 0.337 e. The summed E-state index contributed by atoms with van der Waals surface area (Å²) in [6, 6.07) is 13.6. The van der Waals surface area contributed by atoms with Crippen LogP contribution in [-0.2, 0) is 6.54 Å². The number of imidazole rings is 1. The molecule has 1 amide bonds.